The Morgan fingerprint density at radius 1 is 1.53 bits per heavy atom. The molecule has 1 aromatic rings. The van der Waals surface area contributed by atoms with Crippen LogP contribution >= 0.6 is 0 Å². The summed E-state index contributed by atoms with van der Waals surface area (Å²) < 4.78 is 0. The van der Waals surface area contributed by atoms with Gasteiger partial charge in [-0.05, 0) is 24.8 Å². The molecule has 5 nitrogen and oxygen atoms in total. The molecular formula is C14H22N4O. The normalized spacial score (nSPS) is 22.3. The molecule has 1 fully saturated rings. The largest absolute Gasteiger partial charge is 0.363 e. The van der Waals surface area contributed by atoms with E-state index in [2.05, 4.69) is 10.3 Å². The van der Waals surface area contributed by atoms with E-state index in [-0.39, 0.29) is 11.9 Å². The van der Waals surface area contributed by atoms with E-state index in [1.807, 2.05) is 25.1 Å². The standard InChI is InChI=1S/C14H22N4O/c1-18(2)13-9-11(6-7-16-13)17-14(19)8-10-4-3-5-12(10)15/h6-7,9-10,12H,3-5,8,15H2,1-2H3,(H,16,17,19)/t10-,12+/m0/s1. The van der Waals surface area contributed by atoms with Crippen molar-refractivity contribution in [1.82, 2.24) is 4.98 Å². The van der Waals surface area contributed by atoms with Crippen LogP contribution in [-0.2, 0) is 4.79 Å². The Labute approximate surface area is 114 Å². The molecule has 1 amide bonds. The summed E-state index contributed by atoms with van der Waals surface area (Å²) in [5.74, 6) is 1.20. The summed E-state index contributed by atoms with van der Waals surface area (Å²) in [6.07, 6.45) is 5.46. The van der Waals surface area contributed by atoms with Crippen molar-refractivity contribution < 1.29 is 4.79 Å². The molecule has 2 atom stereocenters. The van der Waals surface area contributed by atoms with Crippen LogP contribution in [0.1, 0.15) is 25.7 Å². The highest BCUT2D eigenvalue weighted by Crippen LogP contribution is 2.27. The molecule has 1 heterocycles. The van der Waals surface area contributed by atoms with E-state index < -0.39 is 0 Å². The van der Waals surface area contributed by atoms with E-state index >= 15 is 0 Å². The third kappa shape index (κ3) is 3.67. The Hall–Kier alpha value is -1.62. The second kappa shape index (κ2) is 6.02. The van der Waals surface area contributed by atoms with Gasteiger partial charge in [0, 0.05) is 44.5 Å². The Kier molecular flexibility index (Phi) is 4.37. The van der Waals surface area contributed by atoms with Crippen molar-refractivity contribution >= 4 is 17.4 Å². The molecule has 0 saturated heterocycles. The number of aromatic nitrogens is 1. The van der Waals surface area contributed by atoms with E-state index in [1.54, 1.807) is 12.3 Å². The monoisotopic (exact) mass is 262 g/mol. The van der Waals surface area contributed by atoms with Gasteiger partial charge in [0.25, 0.3) is 0 Å². The molecule has 0 radical (unpaired) electrons. The topological polar surface area (TPSA) is 71.2 Å². The first-order valence-corrected chi connectivity index (χ1v) is 6.75. The Morgan fingerprint density at radius 3 is 2.95 bits per heavy atom. The van der Waals surface area contributed by atoms with Crippen LogP contribution in [0.2, 0.25) is 0 Å². The van der Waals surface area contributed by atoms with Crippen molar-refractivity contribution in [3.05, 3.63) is 18.3 Å². The lowest BCUT2D eigenvalue weighted by atomic mass is 10.00. The van der Waals surface area contributed by atoms with Gasteiger partial charge in [-0.3, -0.25) is 4.79 Å². The van der Waals surface area contributed by atoms with Crippen molar-refractivity contribution in [3.63, 3.8) is 0 Å². The minimum absolute atomic E-state index is 0.0401. The molecule has 3 N–H and O–H groups in total. The van der Waals surface area contributed by atoms with Crippen LogP contribution in [0.15, 0.2) is 18.3 Å². The van der Waals surface area contributed by atoms with E-state index in [9.17, 15) is 4.79 Å². The van der Waals surface area contributed by atoms with E-state index in [0.717, 1.165) is 30.8 Å². The quantitative estimate of drug-likeness (QED) is 0.864. The molecule has 2 rings (SSSR count). The van der Waals surface area contributed by atoms with Crippen LogP contribution in [0, 0.1) is 5.92 Å². The number of hydrogen-bond donors (Lipinski definition) is 2. The number of carbonyl (C=O) groups excluding carboxylic acids is 1. The molecule has 1 saturated carbocycles. The molecule has 1 aliphatic carbocycles. The number of amides is 1. The van der Waals surface area contributed by atoms with E-state index in [0.29, 0.717) is 12.3 Å². The number of hydrogen-bond acceptors (Lipinski definition) is 4. The summed E-state index contributed by atoms with van der Waals surface area (Å²) in [5.41, 5.74) is 6.78. The molecule has 0 spiro atoms. The first-order valence-electron chi connectivity index (χ1n) is 6.75. The molecule has 5 heteroatoms. The maximum atomic E-state index is 12.0. The van der Waals surface area contributed by atoms with Gasteiger partial charge in [-0.15, -0.1) is 0 Å². The Bertz CT molecular complexity index is 447. The predicted molar refractivity (Wildman–Crippen MR) is 77.1 cm³/mol. The third-order valence-electron chi connectivity index (χ3n) is 3.65. The van der Waals surface area contributed by atoms with Gasteiger partial charge >= 0.3 is 0 Å². The van der Waals surface area contributed by atoms with Crippen LogP contribution in [0.4, 0.5) is 11.5 Å². The number of carbonyl (C=O) groups is 1. The summed E-state index contributed by atoms with van der Waals surface area (Å²) in [7, 11) is 3.84. The van der Waals surface area contributed by atoms with Crippen molar-refractivity contribution in [2.24, 2.45) is 11.7 Å². The summed E-state index contributed by atoms with van der Waals surface area (Å²) in [5, 5.41) is 2.92. The maximum Gasteiger partial charge on any atom is 0.224 e. The van der Waals surface area contributed by atoms with E-state index in [1.165, 1.54) is 0 Å². The molecule has 1 aliphatic rings. The van der Waals surface area contributed by atoms with Gasteiger partial charge in [-0.25, -0.2) is 4.98 Å². The number of anilines is 2. The lowest BCUT2D eigenvalue weighted by molar-refractivity contribution is -0.117. The van der Waals surface area contributed by atoms with Crippen molar-refractivity contribution in [3.8, 4) is 0 Å². The van der Waals surface area contributed by atoms with Crippen LogP contribution in [-0.4, -0.2) is 31.0 Å². The molecule has 19 heavy (non-hydrogen) atoms. The summed E-state index contributed by atoms with van der Waals surface area (Å²) in [4.78, 5) is 18.1. The number of nitrogens with two attached hydrogens (primary N) is 1. The van der Waals surface area contributed by atoms with Gasteiger partial charge in [0.15, 0.2) is 0 Å². The second-order valence-electron chi connectivity index (χ2n) is 5.40. The summed E-state index contributed by atoms with van der Waals surface area (Å²) >= 11 is 0. The van der Waals surface area contributed by atoms with Gasteiger partial charge in [0.05, 0.1) is 0 Å². The average Bonchev–Trinajstić information content (AvgIpc) is 2.75. The van der Waals surface area contributed by atoms with Gasteiger partial charge in [-0.1, -0.05) is 6.42 Å². The van der Waals surface area contributed by atoms with E-state index in [4.69, 9.17) is 5.73 Å². The van der Waals surface area contributed by atoms with Gasteiger partial charge < -0.3 is 16.0 Å². The maximum absolute atomic E-state index is 12.0. The fraction of sp³-hybridized carbons (Fsp3) is 0.571. The van der Waals surface area contributed by atoms with Crippen LogP contribution in [0.25, 0.3) is 0 Å². The highest BCUT2D eigenvalue weighted by Gasteiger charge is 2.25. The van der Waals surface area contributed by atoms with Gasteiger partial charge in [0.2, 0.25) is 5.91 Å². The lowest BCUT2D eigenvalue weighted by Crippen LogP contribution is -2.28. The second-order valence-corrected chi connectivity index (χ2v) is 5.40. The van der Waals surface area contributed by atoms with Crippen molar-refractivity contribution in [1.29, 1.82) is 0 Å². The number of rotatable bonds is 4. The van der Waals surface area contributed by atoms with Crippen molar-refractivity contribution in [2.45, 2.75) is 31.7 Å². The van der Waals surface area contributed by atoms with Gasteiger partial charge in [-0.2, -0.15) is 0 Å². The smallest absolute Gasteiger partial charge is 0.224 e. The highest BCUT2D eigenvalue weighted by atomic mass is 16.1. The average molecular weight is 262 g/mol. The first kappa shape index (κ1) is 13.8. The highest BCUT2D eigenvalue weighted by molar-refractivity contribution is 5.91. The molecule has 0 aromatic carbocycles. The molecule has 104 valence electrons. The van der Waals surface area contributed by atoms with Gasteiger partial charge in [0.1, 0.15) is 5.82 Å². The zero-order chi connectivity index (χ0) is 13.8. The Balaban J connectivity index is 1.93. The number of nitrogens with zero attached hydrogens (tertiary/aromatic N) is 2. The molecule has 0 aliphatic heterocycles. The van der Waals surface area contributed by atoms with Crippen LogP contribution in [0.5, 0.6) is 0 Å². The zero-order valence-corrected chi connectivity index (χ0v) is 11.6. The van der Waals surface area contributed by atoms with Crippen molar-refractivity contribution in [2.75, 3.05) is 24.3 Å². The minimum atomic E-state index is 0.0401. The third-order valence-corrected chi connectivity index (χ3v) is 3.65. The minimum Gasteiger partial charge on any atom is -0.363 e. The molecule has 1 aromatic heterocycles. The first-order chi connectivity index (χ1) is 9.06. The number of pyridine rings is 1. The van der Waals surface area contributed by atoms with Crippen LogP contribution < -0.4 is 16.0 Å². The van der Waals surface area contributed by atoms with Crippen LogP contribution in [0.3, 0.4) is 0 Å². The zero-order valence-electron chi connectivity index (χ0n) is 11.6. The molecule has 0 unspecified atom stereocenters. The summed E-state index contributed by atoms with van der Waals surface area (Å²) in [6, 6.07) is 3.85. The number of nitrogens with one attached hydrogen (secondary N) is 1. The SMILES string of the molecule is CN(C)c1cc(NC(=O)C[C@@H]2CCC[C@H]2N)ccn1. The lowest BCUT2D eigenvalue weighted by Gasteiger charge is -2.16. The molecule has 0 bridgehead atoms. The predicted octanol–water partition coefficient (Wildman–Crippen LogP) is 1.60. The fourth-order valence-corrected chi connectivity index (χ4v) is 2.51. The summed E-state index contributed by atoms with van der Waals surface area (Å²) in [6.45, 7) is 0. The fourth-order valence-electron chi connectivity index (χ4n) is 2.51. The molecular weight excluding hydrogens is 240 g/mol. The Morgan fingerprint density at radius 2 is 2.32 bits per heavy atom.